The molecular formula is C14H13N5O2S. The molecule has 0 spiro atoms. The van der Waals surface area contributed by atoms with Crippen LogP contribution in [0.25, 0.3) is 11.5 Å². The molecule has 0 bridgehead atoms. The second kappa shape index (κ2) is 5.45. The molecule has 0 unspecified atom stereocenters. The van der Waals surface area contributed by atoms with Crippen LogP contribution in [0.3, 0.4) is 0 Å². The second-order valence-corrected chi connectivity index (χ2v) is 6.01. The molecule has 0 radical (unpaired) electrons. The highest BCUT2D eigenvalue weighted by Crippen LogP contribution is 2.36. The Hall–Kier alpha value is -2.35. The molecule has 0 aliphatic heterocycles. The molecule has 0 atom stereocenters. The summed E-state index contributed by atoms with van der Waals surface area (Å²) in [4.78, 5) is 11.7. The van der Waals surface area contributed by atoms with Gasteiger partial charge in [-0.3, -0.25) is 4.57 Å². The zero-order valence-corrected chi connectivity index (χ0v) is 12.4. The van der Waals surface area contributed by atoms with E-state index in [9.17, 15) is 4.79 Å². The number of nitrogens with one attached hydrogen (secondary N) is 1. The minimum absolute atomic E-state index is 0.152. The Bertz CT molecular complexity index is 834. The van der Waals surface area contributed by atoms with Crippen molar-refractivity contribution >= 4 is 11.8 Å². The van der Waals surface area contributed by atoms with Crippen LogP contribution in [0.2, 0.25) is 0 Å². The first-order chi connectivity index (χ1) is 10.8. The smallest absolute Gasteiger partial charge is 0.344 e. The molecule has 0 amide bonds. The molecule has 22 heavy (non-hydrogen) atoms. The maximum absolute atomic E-state index is 11.7. The summed E-state index contributed by atoms with van der Waals surface area (Å²) in [7, 11) is 0. The Labute approximate surface area is 129 Å². The highest BCUT2D eigenvalue weighted by atomic mass is 32.2. The number of aromatic amines is 1. The fourth-order valence-electron chi connectivity index (χ4n) is 2.18. The van der Waals surface area contributed by atoms with Crippen LogP contribution in [-0.2, 0) is 5.75 Å². The first-order valence-corrected chi connectivity index (χ1v) is 7.97. The van der Waals surface area contributed by atoms with E-state index in [1.54, 1.807) is 4.57 Å². The Morgan fingerprint density at radius 3 is 2.86 bits per heavy atom. The SMILES string of the molecule is O=c1[nH]nc(SCc2nnc(-c3ccccc3)o2)n1C1CC1. The molecule has 7 nitrogen and oxygen atoms in total. The first-order valence-electron chi connectivity index (χ1n) is 6.99. The van der Waals surface area contributed by atoms with Gasteiger partial charge in [-0.2, -0.15) is 0 Å². The summed E-state index contributed by atoms with van der Waals surface area (Å²) in [6, 6.07) is 9.91. The minimum atomic E-state index is -0.152. The average molecular weight is 315 g/mol. The molecule has 1 aliphatic rings. The fraction of sp³-hybridized carbons (Fsp3) is 0.286. The number of hydrogen-bond acceptors (Lipinski definition) is 6. The monoisotopic (exact) mass is 315 g/mol. The van der Waals surface area contributed by atoms with Gasteiger partial charge in [-0.05, 0) is 25.0 Å². The molecule has 1 N–H and O–H groups in total. The number of thioether (sulfide) groups is 1. The van der Waals surface area contributed by atoms with Crippen molar-refractivity contribution in [2.24, 2.45) is 0 Å². The average Bonchev–Trinajstić information content (AvgIpc) is 3.15. The van der Waals surface area contributed by atoms with Gasteiger partial charge in [-0.25, -0.2) is 9.89 Å². The Balaban J connectivity index is 1.49. The Morgan fingerprint density at radius 2 is 2.09 bits per heavy atom. The number of hydrogen-bond donors (Lipinski definition) is 1. The van der Waals surface area contributed by atoms with Crippen molar-refractivity contribution in [2.45, 2.75) is 29.8 Å². The molecule has 4 rings (SSSR count). The first kappa shape index (κ1) is 13.3. The largest absolute Gasteiger partial charge is 0.420 e. The number of nitrogens with zero attached hydrogens (tertiary/aromatic N) is 4. The quantitative estimate of drug-likeness (QED) is 0.726. The minimum Gasteiger partial charge on any atom is -0.420 e. The summed E-state index contributed by atoms with van der Waals surface area (Å²) < 4.78 is 7.35. The van der Waals surface area contributed by atoms with E-state index >= 15 is 0 Å². The lowest BCUT2D eigenvalue weighted by Gasteiger charge is -2.00. The predicted molar refractivity (Wildman–Crippen MR) is 80.4 cm³/mol. The Kier molecular flexibility index (Phi) is 3.30. The molecule has 1 aromatic carbocycles. The van der Waals surface area contributed by atoms with E-state index in [0.29, 0.717) is 22.7 Å². The zero-order valence-electron chi connectivity index (χ0n) is 11.6. The van der Waals surface area contributed by atoms with Gasteiger partial charge in [0.15, 0.2) is 5.16 Å². The van der Waals surface area contributed by atoms with Gasteiger partial charge in [0.1, 0.15) is 0 Å². The fourth-order valence-corrected chi connectivity index (χ4v) is 3.03. The van der Waals surface area contributed by atoms with Crippen LogP contribution in [0.5, 0.6) is 0 Å². The third-order valence-electron chi connectivity index (χ3n) is 3.40. The van der Waals surface area contributed by atoms with Crippen LogP contribution in [0.4, 0.5) is 0 Å². The highest BCUT2D eigenvalue weighted by molar-refractivity contribution is 7.98. The van der Waals surface area contributed by atoms with Crippen molar-refractivity contribution in [3.05, 3.63) is 46.7 Å². The molecule has 1 fully saturated rings. The van der Waals surface area contributed by atoms with E-state index in [0.717, 1.165) is 18.4 Å². The molecule has 2 heterocycles. The van der Waals surface area contributed by atoms with E-state index in [1.165, 1.54) is 11.8 Å². The molecule has 3 aromatic rings. The van der Waals surface area contributed by atoms with Crippen LogP contribution in [-0.4, -0.2) is 25.0 Å². The predicted octanol–water partition coefficient (Wildman–Crippen LogP) is 2.25. The van der Waals surface area contributed by atoms with Gasteiger partial charge in [-0.15, -0.1) is 15.3 Å². The zero-order chi connectivity index (χ0) is 14.9. The van der Waals surface area contributed by atoms with Crippen molar-refractivity contribution in [1.29, 1.82) is 0 Å². The van der Waals surface area contributed by atoms with Crippen LogP contribution in [0, 0.1) is 0 Å². The number of rotatable bonds is 5. The van der Waals surface area contributed by atoms with Gasteiger partial charge in [-0.1, -0.05) is 30.0 Å². The third-order valence-corrected chi connectivity index (χ3v) is 4.33. The van der Waals surface area contributed by atoms with Gasteiger partial charge >= 0.3 is 5.69 Å². The van der Waals surface area contributed by atoms with Gasteiger partial charge in [0.2, 0.25) is 11.8 Å². The third kappa shape index (κ3) is 2.57. The molecular weight excluding hydrogens is 302 g/mol. The van der Waals surface area contributed by atoms with Crippen LogP contribution in [0.1, 0.15) is 24.8 Å². The van der Waals surface area contributed by atoms with Crippen LogP contribution < -0.4 is 5.69 Å². The van der Waals surface area contributed by atoms with E-state index < -0.39 is 0 Å². The van der Waals surface area contributed by atoms with E-state index in [1.807, 2.05) is 30.3 Å². The van der Waals surface area contributed by atoms with Crippen LogP contribution in [0.15, 0.2) is 44.7 Å². The molecule has 1 aliphatic carbocycles. The lowest BCUT2D eigenvalue weighted by molar-refractivity contribution is 0.528. The summed E-state index contributed by atoms with van der Waals surface area (Å²) in [5.74, 6) is 1.50. The lowest BCUT2D eigenvalue weighted by atomic mass is 10.2. The molecule has 112 valence electrons. The summed E-state index contributed by atoms with van der Waals surface area (Å²) in [5.41, 5.74) is 0.737. The van der Waals surface area contributed by atoms with Crippen LogP contribution >= 0.6 is 11.8 Å². The van der Waals surface area contributed by atoms with Crippen molar-refractivity contribution in [3.8, 4) is 11.5 Å². The number of benzene rings is 1. The number of aromatic nitrogens is 5. The maximum atomic E-state index is 11.7. The Morgan fingerprint density at radius 1 is 1.27 bits per heavy atom. The van der Waals surface area contributed by atoms with E-state index in [2.05, 4.69) is 20.4 Å². The highest BCUT2D eigenvalue weighted by Gasteiger charge is 2.28. The molecule has 1 saturated carbocycles. The van der Waals surface area contributed by atoms with E-state index in [4.69, 9.17) is 4.42 Å². The van der Waals surface area contributed by atoms with Crippen molar-refractivity contribution in [3.63, 3.8) is 0 Å². The molecule has 2 aromatic heterocycles. The van der Waals surface area contributed by atoms with Gasteiger partial charge in [0.25, 0.3) is 0 Å². The topological polar surface area (TPSA) is 89.6 Å². The second-order valence-electron chi connectivity index (χ2n) is 5.07. The normalized spacial score (nSPS) is 14.4. The van der Waals surface area contributed by atoms with Crippen molar-refractivity contribution < 1.29 is 4.42 Å². The standard InChI is InChI=1S/C14H13N5O2S/c20-13-17-18-14(19(13)10-6-7-10)22-8-11-15-16-12(21-11)9-4-2-1-3-5-9/h1-5,10H,6-8H2,(H,17,20). The van der Waals surface area contributed by atoms with Crippen molar-refractivity contribution in [2.75, 3.05) is 0 Å². The summed E-state index contributed by atoms with van der Waals surface area (Å²) in [6.07, 6.45) is 2.07. The lowest BCUT2D eigenvalue weighted by Crippen LogP contribution is -2.16. The molecule has 8 heteroatoms. The van der Waals surface area contributed by atoms with Gasteiger partial charge in [0, 0.05) is 11.6 Å². The van der Waals surface area contributed by atoms with Gasteiger partial charge < -0.3 is 4.42 Å². The summed E-state index contributed by atoms with van der Waals surface area (Å²) in [6.45, 7) is 0. The maximum Gasteiger partial charge on any atom is 0.344 e. The summed E-state index contributed by atoms with van der Waals surface area (Å²) in [5, 5.41) is 15.3. The van der Waals surface area contributed by atoms with Crippen molar-refractivity contribution in [1.82, 2.24) is 25.0 Å². The molecule has 0 saturated heterocycles. The summed E-state index contributed by atoms with van der Waals surface area (Å²) >= 11 is 1.42. The van der Waals surface area contributed by atoms with Gasteiger partial charge in [0.05, 0.1) is 5.75 Å². The number of H-pyrrole nitrogens is 1. The van der Waals surface area contributed by atoms with E-state index in [-0.39, 0.29) is 11.7 Å².